The maximum atomic E-state index is 5.07. The summed E-state index contributed by atoms with van der Waals surface area (Å²) in [6, 6.07) is 80.0. The minimum Gasteiger partial charge on any atom is -0.310 e. The Bertz CT molecular complexity index is 3330. The second-order valence-electron chi connectivity index (χ2n) is 15.5. The molecule has 0 unspecified atom stereocenters. The average molecular weight is 801 g/mol. The molecule has 1 aliphatic rings. The molecule has 2 heterocycles. The summed E-state index contributed by atoms with van der Waals surface area (Å²) in [5, 5.41) is 3.66. The van der Waals surface area contributed by atoms with Gasteiger partial charge in [-0.15, -0.1) is 22.7 Å². The maximum Gasteiger partial charge on any atom is 0.124 e. The molecule has 0 saturated carbocycles. The molecule has 0 fully saturated rings. The summed E-state index contributed by atoms with van der Waals surface area (Å²) in [6.07, 6.45) is 0. The van der Waals surface area contributed by atoms with Gasteiger partial charge in [-0.2, -0.15) is 0 Å². The van der Waals surface area contributed by atoms with Crippen molar-refractivity contribution >= 4 is 70.1 Å². The highest BCUT2D eigenvalue weighted by molar-refractivity contribution is 7.26. The van der Waals surface area contributed by atoms with Crippen LogP contribution in [0, 0.1) is 0 Å². The largest absolute Gasteiger partial charge is 0.310 e. The number of hydrogen-bond acceptors (Lipinski definition) is 4. The Morgan fingerprint density at radius 2 is 0.983 bits per heavy atom. The highest BCUT2D eigenvalue weighted by Gasteiger charge is 2.46. The van der Waals surface area contributed by atoms with E-state index in [1.54, 1.807) is 11.3 Å². The number of thiazole rings is 1. The van der Waals surface area contributed by atoms with E-state index in [1.807, 2.05) is 11.3 Å². The number of hydrogen-bond donors (Lipinski definition) is 0. The van der Waals surface area contributed by atoms with Crippen molar-refractivity contribution in [2.75, 3.05) is 4.90 Å². The van der Waals surface area contributed by atoms with E-state index >= 15 is 0 Å². The van der Waals surface area contributed by atoms with Gasteiger partial charge in [0, 0.05) is 42.8 Å². The molecule has 1 aliphatic carbocycles. The van der Waals surface area contributed by atoms with Crippen LogP contribution < -0.4 is 4.90 Å². The van der Waals surface area contributed by atoms with Crippen LogP contribution in [-0.4, -0.2) is 4.98 Å². The predicted molar refractivity (Wildman–Crippen MR) is 255 cm³/mol. The van der Waals surface area contributed by atoms with Crippen molar-refractivity contribution in [3.05, 3.63) is 241 Å². The minimum atomic E-state index is -0.505. The Labute approximate surface area is 356 Å². The lowest BCUT2D eigenvalue weighted by Crippen LogP contribution is -2.28. The Kier molecular flexibility index (Phi) is 8.15. The molecule has 0 radical (unpaired) electrons. The summed E-state index contributed by atoms with van der Waals surface area (Å²) >= 11 is 3.62. The van der Waals surface area contributed by atoms with E-state index in [-0.39, 0.29) is 0 Å². The summed E-state index contributed by atoms with van der Waals surface area (Å²) in [6.45, 7) is 0. The van der Waals surface area contributed by atoms with E-state index < -0.39 is 5.41 Å². The summed E-state index contributed by atoms with van der Waals surface area (Å²) in [7, 11) is 0. The van der Waals surface area contributed by atoms with E-state index in [2.05, 4.69) is 223 Å². The van der Waals surface area contributed by atoms with Crippen molar-refractivity contribution in [2.24, 2.45) is 0 Å². The number of fused-ring (bicyclic) bond motifs is 7. The molecule has 0 N–H and O–H groups in total. The van der Waals surface area contributed by atoms with Gasteiger partial charge in [-0.25, -0.2) is 4.98 Å². The molecule has 60 heavy (non-hydrogen) atoms. The van der Waals surface area contributed by atoms with Gasteiger partial charge in [-0.05, 0) is 93.0 Å². The van der Waals surface area contributed by atoms with Crippen LogP contribution in [0.25, 0.3) is 63.2 Å². The zero-order valence-electron chi connectivity index (χ0n) is 32.5. The molecular weight excluding hydrogens is 765 g/mol. The van der Waals surface area contributed by atoms with E-state index in [4.69, 9.17) is 4.98 Å². The third-order valence-corrected chi connectivity index (χ3v) is 14.5. The van der Waals surface area contributed by atoms with Crippen molar-refractivity contribution in [3.8, 4) is 32.8 Å². The first-order valence-electron chi connectivity index (χ1n) is 20.4. The molecule has 12 rings (SSSR count). The molecule has 2 aromatic heterocycles. The molecule has 11 aromatic rings. The zero-order chi connectivity index (χ0) is 39.6. The molecule has 4 heteroatoms. The lowest BCUT2D eigenvalue weighted by Gasteiger charge is -2.35. The Morgan fingerprint density at radius 1 is 0.383 bits per heavy atom. The lowest BCUT2D eigenvalue weighted by molar-refractivity contribution is 0.768. The molecular formula is C56H36N2S2. The SMILES string of the molecule is c1ccc(-c2nc3ccc(N(c4ccc(-c5cccc6c5sc5ccccc56)cc4)c4ccc5c(c4)C(c4ccccc4)(c4ccccc4)c4ccccc4-5)cc3s2)cc1. The fourth-order valence-electron chi connectivity index (χ4n) is 9.54. The van der Waals surface area contributed by atoms with Gasteiger partial charge in [0.1, 0.15) is 5.01 Å². The standard InChI is InChI=1S/C56H36N2S2/c1-4-15-38(16-5-1)55-57-51-34-32-43(36-53(51)60-55)58(41-29-27-37(28-30-41)44-23-14-24-48-47-22-11-13-26-52(47)59-54(44)48)42-31-33-46-45-21-10-12-25-49(45)56(50(46)35-42,39-17-6-2-7-18-39)40-19-8-3-9-20-40/h1-36H. The van der Waals surface area contributed by atoms with Gasteiger partial charge in [0.05, 0.1) is 15.6 Å². The van der Waals surface area contributed by atoms with Crippen LogP contribution in [0.3, 0.4) is 0 Å². The maximum absolute atomic E-state index is 5.07. The Morgan fingerprint density at radius 3 is 1.77 bits per heavy atom. The van der Waals surface area contributed by atoms with E-state index in [9.17, 15) is 0 Å². The van der Waals surface area contributed by atoms with Crippen LogP contribution in [0.15, 0.2) is 218 Å². The van der Waals surface area contributed by atoms with Crippen molar-refractivity contribution < 1.29 is 0 Å². The van der Waals surface area contributed by atoms with Gasteiger partial charge >= 0.3 is 0 Å². The molecule has 0 amide bonds. The monoisotopic (exact) mass is 800 g/mol. The number of thiophene rings is 1. The molecule has 9 aromatic carbocycles. The second kappa shape index (κ2) is 14.0. The third-order valence-electron chi connectivity index (χ3n) is 12.2. The van der Waals surface area contributed by atoms with Crippen LogP contribution in [0.1, 0.15) is 22.3 Å². The van der Waals surface area contributed by atoms with Crippen LogP contribution >= 0.6 is 22.7 Å². The molecule has 0 spiro atoms. The van der Waals surface area contributed by atoms with Crippen LogP contribution in [0.4, 0.5) is 17.1 Å². The highest BCUT2D eigenvalue weighted by atomic mass is 32.1. The summed E-state index contributed by atoms with van der Waals surface area (Å²) in [5.74, 6) is 0. The topological polar surface area (TPSA) is 16.1 Å². The fraction of sp³-hybridized carbons (Fsp3) is 0.0179. The van der Waals surface area contributed by atoms with E-state index in [1.165, 1.54) is 64.7 Å². The van der Waals surface area contributed by atoms with Gasteiger partial charge in [0.2, 0.25) is 0 Å². The zero-order valence-corrected chi connectivity index (χ0v) is 34.1. The molecule has 0 aliphatic heterocycles. The molecule has 0 atom stereocenters. The number of benzene rings is 9. The predicted octanol–water partition coefficient (Wildman–Crippen LogP) is 15.8. The van der Waals surface area contributed by atoms with Gasteiger partial charge < -0.3 is 4.90 Å². The van der Waals surface area contributed by atoms with Crippen LogP contribution in [-0.2, 0) is 5.41 Å². The first-order valence-corrected chi connectivity index (χ1v) is 22.0. The Hall–Kier alpha value is -7.11. The highest BCUT2D eigenvalue weighted by Crippen LogP contribution is 2.57. The molecule has 0 saturated heterocycles. The summed E-state index contributed by atoms with van der Waals surface area (Å²) < 4.78 is 3.79. The first-order chi connectivity index (χ1) is 29.7. The van der Waals surface area contributed by atoms with Crippen molar-refractivity contribution in [3.63, 3.8) is 0 Å². The second-order valence-corrected chi connectivity index (χ2v) is 17.5. The van der Waals surface area contributed by atoms with E-state index in [0.717, 1.165) is 37.8 Å². The number of rotatable bonds is 7. The lowest BCUT2D eigenvalue weighted by atomic mass is 9.67. The van der Waals surface area contributed by atoms with Crippen molar-refractivity contribution in [1.29, 1.82) is 0 Å². The number of aromatic nitrogens is 1. The van der Waals surface area contributed by atoms with Gasteiger partial charge in [-0.3, -0.25) is 0 Å². The average Bonchev–Trinajstić information content (AvgIpc) is 4.01. The fourth-order valence-corrected chi connectivity index (χ4v) is 11.8. The number of anilines is 3. The van der Waals surface area contributed by atoms with Gasteiger partial charge in [-0.1, -0.05) is 170 Å². The van der Waals surface area contributed by atoms with Crippen LogP contribution in [0.5, 0.6) is 0 Å². The smallest absolute Gasteiger partial charge is 0.124 e. The van der Waals surface area contributed by atoms with Crippen LogP contribution in [0.2, 0.25) is 0 Å². The van der Waals surface area contributed by atoms with E-state index in [0.29, 0.717) is 0 Å². The quantitative estimate of drug-likeness (QED) is 0.160. The normalized spacial score (nSPS) is 12.8. The molecule has 282 valence electrons. The summed E-state index contributed by atoms with van der Waals surface area (Å²) in [4.78, 5) is 7.50. The van der Waals surface area contributed by atoms with Crippen molar-refractivity contribution in [2.45, 2.75) is 5.41 Å². The van der Waals surface area contributed by atoms with Gasteiger partial charge in [0.15, 0.2) is 0 Å². The molecule has 2 nitrogen and oxygen atoms in total. The van der Waals surface area contributed by atoms with Gasteiger partial charge in [0.25, 0.3) is 0 Å². The summed E-state index contributed by atoms with van der Waals surface area (Å²) in [5.41, 5.74) is 15.0. The number of nitrogens with zero attached hydrogens (tertiary/aromatic N) is 2. The third kappa shape index (κ3) is 5.42. The van der Waals surface area contributed by atoms with Crippen molar-refractivity contribution in [1.82, 2.24) is 4.98 Å². The minimum absolute atomic E-state index is 0.505. The molecule has 0 bridgehead atoms. The first kappa shape index (κ1) is 34.9. The Balaban J connectivity index is 1.06.